The minimum Gasteiger partial charge on any atom is -0.343 e. The number of rotatable bonds is 5. The molecule has 0 atom stereocenters. The van der Waals surface area contributed by atoms with Gasteiger partial charge < -0.3 is 5.32 Å². The van der Waals surface area contributed by atoms with Crippen molar-refractivity contribution in [1.82, 2.24) is 5.32 Å². The number of nitrogens with one attached hydrogen (secondary N) is 1. The van der Waals surface area contributed by atoms with E-state index in [2.05, 4.69) is 5.32 Å². The first kappa shape index (κ1) is 20.6. The molecule has 148 valence electrons. The van der Waals surface area contributed by atoms with Crippen molar-refractivity contribution in [3.63, 3.8) is 0 Å². The molecule has 1 N–H and O–H groups in total. The predicted molar refractivity (Wildman–Crippen MR) is 118 cm³/mol. The van der Waals surface area contributed by atoms with E-state index in [1.807, 2.05) is 63.2 Å². The summed E-state index contributed by atoms with van der Waals surface area (Å²) in [5.41, 5.74) is 4.73. The summed E-state index contributed by atoms with van der Waals surface area (Å²) in [6.07, 6.45) is 0. The van der Waals surface area contributed by atoms with Crippen molar-refractivity contribution in [3.05, 3.63) is 94.0 Å². The van der Waals surface area contributed by atoms with Crippen LogP contribution in [0.2, 0.25) is 5.02 Å². The fraction of sp³-hybridized carbons (Fsp3) is 0.167. The molecule has 29 heavy (non-hydrogen) atoms. The van der Waals surface area contributed by atoms with E-state index in [1.165, 1.54) is 0 Å². The van der Waals surface area contributed by atoms with Gasteiger partial charge in [-0.1, -0.05) is 54.1 Å². The van der Waals surface area contributed by atoms with Crippen molar-refractivity contribution in [2.24, 2.45) is 0 Å². The smallest absolute Gasteiger partial charge is 0.251 e. The summed E-state index contributed by atoms with van der Waals surface area (Å²) in [6.45, 7) is 5.61. The molecule has 0 aliphatic heterocycles. The number of carbonyl (C=O) groups excluding carboxylic acids is 2. The van der Waals surface area contributed by atoms with Crippen LogP contribution in [0.3, 0.4) is 0 Å². The summed E-state index contributed by atoms with van der Waals surface area (Å²) in [5.74, 6) is -0.518. The first-order valence-electron chi connectivity index (χ1n) is 9.37. The lowest BCUT2D eigenvalue weighted by atomic mass is 10.1. The Kier molecular flexibility index (Phi) is 6.35. The van der Waals surface area contributed by atoms with Crippen molar-refractivity contribution in [1.29, 1.82) is 0 Å². The summed E-state index contributed by atoms with van der Waals surface area (Å²) in [6, 6.07) is 20.4. The number of hydrogen-bond donors (Lipinski definition) is 1. The van der Waals surface area contributed by atoms with Gasteiger partial charge >= 0.3 is 0 Å². The molecular formula is C24H23ClN2O2. The van der Waals surface area contributed by atoms with Gasteiger partial charge in [0.2, 0.25) is 0 Å². The van der Waals surface area contributed by atoms with E-state index in [4.69, 9.17) is 11.6 Å². The molecule has 0 radical (unpaired) electrons. The molecule has 3 aromatic carbocycles. The fourth-order valence-electron chi connectivity index (χ4n) is 3.19. The van der Waals surface area contributed by atoms with Gasteiger partial charge in [0, 0.05) is 10.6 Å². The predicted octanol–water partition coefficient (Wildman–Crippen LogP) is 5.36. The number of para-hydroxylation sites is 1. The first-order valence-corrected chi connectivity index (χ1v) is 9.75. The zero-order chi connectivity index (χ0) is 21.0. The van der Waals surface area contributed by atoms with E-state index in [0.29, 0.717) is 16.3 Å². The highest BCUT2D eigenvalue weighted by molar-refractivity contribution is 6.31. The Bertz CT molecular complexity index is 1060. The maximum atomic E-state index is 13.2. The lowest BCUT2D eigenvalue weighted by Gasteiger charge is -2.26. The summed E-state index contributed by atoms with van der Waals surface area (Å²) in [4.78, 5) is 27.4. The molecule has 0 saturated heterocycles. The number of carbonyl (C=O) groups is 2. The van der Waals surface area contributed by atoms with Crippen LogP contribution < -0.4 is 10.2 Å². The first-order chi connectivity index (χ1) is 13.9. The molecule has 0 fully saturated rings. The number of aryl methyl sites for hydroxylation is 3. The van der Waals surface area contributed by atoms with Gasteiger partial charge in [-0.3, -0.25) is 14.5 Å². The van der Waals surface area contributed by atoms with Crippen LogP contribution in [0.25, 0.3) is 0 Å². The summed E-state index contributed by atoms with van der Waals surface area (Å²) >= 11 is 6.21. The van der Waals surface area contributed by atoms with E-state index < -0.39 is 0 Å². The molecular weight excluding hydrogens is 384 g/mol. The van der Waals surface area contributed by atoms with Gasteiger partial charge in [0.25, 0.3) is 11.8 Å². The zero-order valence-corrected chi connectivity index (χ0v) is 17.5. The number of anilines is 2. The van der Waals surface area contributed by atoms with Crippen molar-refractivity contribution in [2.75, 3.05) is 11.4 Å². The van der Waals surface area contributed by atoms with E-state index >= 15 is 0 Å². The van der Waals surface area contributed by atoms with E-state index in [-0.39, 0.29) is 18.4 Å². The number of hydrogen-bond acceptors (Lipinski definition) is 2. The molecule has 4 nitrogen and oxygen atoms in total. The van der Waals surface area contributed by atoms with Gasteiger partial charge in [-0.05, 0) is 61.7 Å². The Balaban J connectivity index is 1.91. The second-order valence-corrected chi connectivity index (χ2v) is 7.38. The monoisotopic (exact) mass is 406 g/mol. The molecule has 0 aliphatic carbocycles. The standard InChI is InChI=1S/C24H23ClN2O2/c1-16-8-4-6-10-20(16)24(29)26-15-23(28)27(21-11-7-5-9-17(21)2)22-14-19(25)13-12-18(22)3/h4-14H,15H2,1-3H3,(H,26,29). The Hall–Kier alpha value is -3.11. The van der Waals surface area contributed by atoms with E-state index in [9.17, 15) is 9.59 Å². The molecule has 0 spiro atoms. The Labute approximate surface area is 176 Å². The number of halogens is 1. The van der Waals surface area contributed by atoms with Gasteiger partial charge in [-0.15, -0.1) is 0 Å². The Morgan fingerprint density at radius 2 is 1.45 bits per heavy atom. The van der Waals surface area contributed by atoms with Gasteiger partial charge in [0.1, 0.15) is 0 Å². The van der Waals surface area contributed by atoms with Gasteiger partial charge in [0.15, 0.2) is 0 Å². The Morgan fingerprint density at radius 1 is 0.828 bits per heavy atom. The number of benzene rings is 3. The second-order valence-electron chi connectivity index (χ2n) is 6.94. The van der Waals surface area contributed by atoms with Crippen LogP contribution in [-0.2, 0) is 4.79 Å². The van der Waals surface area contributed by atoms with Crippen LogP contribution in [0.15, 0.2) is 66.7 Å². The minimum atomic E-state index is -0.274. The number of amides is 2. The van der Waals surface area contributed by atoms with Gasteiger partial charge in [0.05, 0.1) is 17.9 Å². The molecule has 0 aliphatic rings. The molecule has 0 bridgehead atoms. The number of nitrogens with zero attached hydrogens (tertiary/aromatic N) is 1. The summed E-state index contributed by atoms with van der Waals surface area (Å²) < 4.78 is 0. The largest absolute Gasteiger partial charge is 0.343 e. The summed E-state index contributed by atoms with van der Waals surface area (Å²) in [5, 5.41) is 3.29. The van der Waals surface area contributed by atoms with Crippen LogP contribution in [0.4, 0.5) is 11.4 Å². The van der Waals surface area contributed by atoms with Crippen molar-refractivity contribution >= 4 is 34.8 Å². The fourth-order valence-corrected chi connectivity index (χ4v) is 3.36. The third-order valence-electron chi connectivity index (χ3n) is 4.81. The SMILES string of the molecule is Cc1ccccc1C(=O)NCC(=O)N(c1ccccc1C)c1cc(Cl)ccc1C. The molecule has 3 rings (SSSR count). The lowest BCUT2D eigenvalue weighted by Crippen LogP contribution is -2.38. The maximum absolute atomic E-state index is 13.2. The maximum Gasteiger partial charge on any atom is 0.251 e. The van der Waals surface area contributed by atoms with Gasteiger partial charge in [-0.2, -0.15) is 0 Å². The molecule has 5 heteroatoms. The molecule has 0 aromatic heterocycles. The average Bonchev–Trinajstić information content (AvgIpc) is 2.70. The van der Waals surface area contributed by atoms with E-state index in [0.717, 1.165) is 22.4 Å². The molecule has 2 amide bonds. The van der Waals surface area contributed by atoms with Crippen LogP contribution >= 0.6 is 11.6 Å². The van der Waals surface area contributed by atoms with E-state index in [1.54, 1.807) is 29.2 Å². The quantitative estimate of drug-likeness (QED) is 0.620. The molecule has 3 aromatic rings. The van der Waals surface area contributed by atoms with Crippen LogP contribution in [0.5, 0.6) is 0 Å². The van der Waals surface area contributed by atoms with Crippen molar-refractivity contribution in [2.45, 2.75) is 20.8 Å². The Morgan fingerprint density at radius 3 is 2.14 bits per heavy atom. The molecule has 0 saturated carbocycles. The molecule has 0 unspecified atom stereocenters. The zero-order valence-electron chi connectivity index (χ0n) is 16.7. The normalized spacial score (nSPS) is 10.5. The minimum absolute atomic E-state index is 0.131. The third-order valence-corrected chi connectivity index (χ3v) is 5.04. The molecule has 0 heterocycles. The highest BCUT2D eigenvalue weighted by Gasteiger charge is 2.22. The summed E-state index contributed by atoms with van der Waals surface area (Å²) in [7, 11) is 0. The highest BCUT2D eigenvalue weighted by Crippen LogP contribution is 2.32. The highest BCUT2D eigenvalue weighted by atomic mass is 35.5. The van der Waals surface area contributed by atoms with Crippen molar-refractivity contribution < 1.29 is 9.59 Å². The van der Waals surface area contributed by atoms with Gasteiger partial charge in [-0.25, -0.2) is 0 Å². The van der Waals surface area contributed by atoms with Crippen LogP contribution in [0, 0.1) is 20.8 Å². The van der Waals surface area contributed by atoms with Crippen molar-refractivity contribution in [3.8, 4) is 0 Å². The average molecular weight is 407 g/mol. The topological polar surface area (TPSA) is 49.4 Å². The second kappa shape index (κ2) is 8.93. The van der Waals surface area contributed by atoms with Crippen LogP contribution in [-0.4, -0.2) is 18.4 Å². The van der Waals surface area contributed by atoms with Crippen LogP contribution in [0.1, 0.15) is 27.0 Å². The third kappa shape index (κ3) is 4.66. The lowest BCUT2D eigenvalue weighted by molar-refractivity contribution is -0.117.